The summed E-state index contributed by atoms with van der Waals surface area (Å²) in [6, 6.07) is 0. The van der Waals surface area contributed by atoms with Crippen molar-refractivity contribution in [3.8, 4) is 0 Å². The van der Waals surface area contributed by atoms with Crippen LogP contribution in [0.1, 0.15) is 0 Å². The molecule has 0 aromatic rings. The van der Waals surface area contributed by atoms with Crippen LogP contribution in [0.25, 0.3) is 0 Å². The fraction of sp³-hybridized carbons (Fsp3) is 0. The van der Waals surface area contributed by atoms with Gasteiger partial charge in [-0.25, -0.2) is 0 Å². The molecule has 0 heterocycles. The summed E-state index contributed by atoms with van der Waals surface area (Å²) in [5.41, 5.74) is 0. The van der Waals surface area contributed by atoms with Crippen molar-refractivity contribution in [1.29, 1.82) is 0 Å². The minimum Gasteiger partial charge on any atom is -0.822 e. The Kier molecular flexibility index (Phi) is 494. The first-order valence-electron chi connectivity index (χ1n) is 0.730. The zero-order valence-corrected chi connectivity index (χ0v) is 8.43. The van der Waals surface area contributed by atoms with Gasteiger partial charge in [-0.05, 0) is 0 Å². The Hall–Kier alpha value is 0.309. The summed E-state index contributed by atoms with van der Waals surface area (Å²) in [6.07, 6.45) is 0. The van der Waals surface area contributed by atoms with Gasteiger partial charge in [0.2, 0.25) is 0 Å². The monoisotopic (exact) mass is 295 g/mol. The van der Waals surface area contributed by atoms with Crippen LogP contribution in [0.5, 0.6) is 0 Å². The summed E-state index contributed by atoms with van der Waals surface area (Å²) < 4.78 is 8.55. The van der Waals surface area contributed by atoms with E-state index in [4.69, 9.17) is 19.2 Å². The van der Waals surface area contributed by atoms with E-state index in [0.717, 1.165) is 0 Å². The van der Waals surface area contributed by atoms with E-state index in [1.807, 2.05) is 0 Å². The van der Waals surface area contributed by atoms with Gasteiger partial charge in [0, 0.05) is 0 Å². The Morgan fingerprint density at radius 2 is 0.571 bits per heavy atom. The number of hydrogen-bond acceptors (Lipinski definition) is 4. The zero-order chi connectivity index (χ0) is 4.50. The molecule has 0 rings (SSSR count). The summed E-state index contributed by atoms with van der Waals surface area (Å²) in [6.45, 7) is 0. The van der Waals surface area contributed by atoms with Gasteiger partial charge in [0.1, 0.15) is 0 Å². The van der Waals surface area contributed by atoms with Gasteiger partial charge in [0.15, 0.2) is 0 Å². The first kappa shape index (κ1) is 136. The van der Waals surface area contributed by atoms with Crippen LogP contribution < -0.4 is 14.7 Å². The maximum atomic E-state index is 8.55. The summed E-state index contributed by atoms with van der Waals surface area (Å²) in [5.74, 6) is 0. The summed E-state index contributed by atoms with van der Waals surface area (Å²) in [5, 5.41) is 0. The Bertz CT molecular complexity index is 56.5. The molecular weight excluding hydrogens is 279 g/mol. The Morgan fingerprint density at radius 3 is 0.571 bits per heavy atom. The average molecular weight is 295 g/mol. The SMILES string of the molecule is O.O.O.O.O.O.O.O.O=P([O-])([O-])[O-].[Fe+3]. The minimum atomic E-state index is -5.39. The molecule has 1 radical (unpaired) electrons. The van der Waals surface area contributed by atoms with Gasteiger partial charge in [-0.15, -0.1) is 0 Å². The molecule has 0 aliphatic carbocycles. The first-order valence-corrected chi connectivity index (χ1v) is 2.19. The molecule has 101 valence electrons. The molecule has 0 spiro atoms. The van der Waals surface area contributed by atoms with Crippen LogP contribution >= 0.6 is 7.82 Å². The van der Waals surface area contributed by atoms with Crippen LogP contribution in [-0.4, -0.2) is 43.8 Å². The molecule has 0 aliphatic heterocycles. The second-order valence-electron chi connectivity index (χ2n) is 0.447. The van der Waals surface area contributed by atoms with Crippen molar-refractivity contribution in [2.75, 3.05) is 0 Å². The van der Waals surface area contributed by atoms with Crippen LogP contribution in [0.4, 0.5) is 0 Å². The normalized spacial score (nSPS) is 4.21. The van der Waals surface area contributed by atoms with Crippen molar-refractivity contribution in [3.05, 3.63) is 0 Å². The second-order valence-corrected chi connectivity index (χ2v) is 1.34. The summed E-state index contributed by atoms with van der Waals surface area (Å²) >= 11 is 0. The molecule has 0 unspecified atom stereocenters. The summed E-state index contributed by atoms with van der Waals surface area (Å²) in [7, 11) is -5.39. The predicted molar refractivity (Wildman–Crippen MR) is 36.5 cm³/mol. The Morgan fingerprint density at radius 1 is 0.571 bits per heavy atom. The predicted octanol–water partition coefficient (Wildman–Crippen LogP) is -9.42. The second kappa shape index (κ2) is 50.7. The van der Waals surface area contributed by atoms with Gasteiger partial charge >= 0.3 is 17.1 Å². The largest absolute Gasteiger partial charge is 3.00 e. The molecule has 0 aromatic carbocycles. The molecule has 0 saturated carbocycles. The third-order valence-corrected chi connectivity index (χ3v) is 0. The standard InChI is InChI=1S/Fe.H3O4P.8H2O/c;1-5(2,3)4;;;;;;;;/h;(H3,1,2,3,4);8*1H2/q+3;;;;;;;;;/p-3. The molecule has 0 saturated heterocycles. The fourth-order valence-corrected chi connectivity index (χ4v) is 0. The molecule has 12 nitrogen and oxygen atoms in total. The van der Waals surface area contributed by atoms with Crippen molar-refractivity contribution in [3.63, 3.8) is 0 Å². The van der Waals surface area contributed by atoms with Gasteiger partial charge in [0.25, 0.3) is 0 Å². The van der Waals surface area contributed by atoms with Crippen molar-refractivity contribution < 1.29 is 80.1 Å². The van der Waals surface area contributed by atoms with Crippen molar-refractivity contribution >= 4 is 7.82 Å². The molecule has 0 aromatic heterocycles. The van der Waals surface area contributed by atoms with Crippen molar-refractivity contribution in [1.82, 2.24) is 0 Å². The first-order chi connectivity index (χ1) is 2.00. The minimum absolute atomic E-state index is 0. The van der Waals surface area contributed by atoms with E-state index in [1.165, 1.54) is 0 Å². The van der Waals surface area contributed by atoms with Crippen molar-refractivity contribution in [2.24, 2.45) is 0 Å². The van der Waals surface area contributed by atoms with E-state index < -0.39 is 7.82 Å². The smallest absolute Gasteiger partial charge is 0.822 e. The molecule has 0 fully saturated rings. The van der Waals surface area contributed by atoms with E-state index >= 15 is 0 Å². The van der Waals surface area contributed by atoms with E-state index in [9.17, 15) is 0 Å². The quantitative estimate of drug-likeness (QED) is 0.309. The molecule has 14 heteroatoms. The van der Waals surface area contributed by atoms with Crippen LogP contribution in [0.2, 0.25) is 0 Å². The van der Waals surface area contributed by atoms with Crippen LogP contribution in [0.15, 0.2) is 0 Å². The van der Waals surface area contributed by atoms with Gasteiger partial charge in [-0.1, -0.05) is 0 Å². The molecule has 16 N–H and O–H groups in total. The average Bonchev–Trinajstić information content (AvgIpc) is 0.722. The third-order valence-electron chi connectivity index (χ3n) is 0. The molecule has 0 atom stereocenters. The van der Waals surface area contributed by atoms with Crippen LogP contribution in [0.3, 0.4) is 0 Å². The summed E-state index contributed by atoms with van der Waals surface area (Å²) in [4.78, 5) is 25.6. The van der Waals surface area contributed by atoms with E-state index in [0.29, 0.717) is 0 Å². The van der Waals surface area contributed by atoms with Crippen LogP contribution in [-0.2, 0) is 21.6 Å². The van der Waals surface area contributed by atoms with Crippen LogP contribution in [0, 0.1) is 0 Å². The van der Waals surface area contributed by atoms with E-state index in [2.05, 4.69) is 0 Å². The topological polar surface area (TPSA) is 338 Å². The number of rotatable bonds is 0. The third kappa shape index (κ3) is 16400. The van der Waals surface area contributed by atoms with Crippen molar-refractivity contribution in [2.45, 2.75) is 0 Å². The van der Waals surface area contributed by atoms with Gasteiger partial charge in [0.05, 0.1) is 0 Å². The molecule has 0 amide bonds. The maximum absolute atomic E-state index is 8.55. The molecule has 0 aliphatic rings. The Balaban J connectivity index is -0.00000000222. The molecule has 0 bridgehead atoms. The molecule has 14 heavy (non-hydrogen) atoms. The zero-order valence-electron chi connectivity index (χ0n) is 6.43. The molecular formula is H16FeO12P. The van der Waals surface area contributed by atoms with Gasteiger partial charge in [-0.2, -0.15) is 7.82 Å². The van der Waals surface area contributed by atoms with E-state index in [-0.39, 0.29) is 60.9 Å². The van der Waals surface area contributed by atoms with E-state index in [1.54, 1.807) is 0 Å². The fourth-order valence-electron chi connectivity index (χ4n) is 0. The number of phosphoric acid groups is 1. The van der Waals surface area contributed by atoms with Gasteiger partial charge < -0.3 is 63.1 Å². The maximum Gasteiger partial charge on any atom is 3.00 e. The Labute approximate surface area is 88.7 Å². The number of hydrogen-bond donors (Lipinski definition) is 0. The van der Waals surface area contributed by atoms with Gasteiger partial charge in [-0.3, -0.25) is 0 Å².